The first-order valence-electron chi connectivity index (χ1n) is 6.46. The molecule has 0 aromatic heterocycles. The highest BCUT2D eigenvalue weighted by atomic mass is 79.9. The number of nitrogens with two attached hydrogens (primary N) is 1. The van der Waals surface area contributed by atoms with Gasteiger partial charge in [0.1, 0.15) is 11.5 Å². The summed E-state index contributed by atoms with van der Waals surface area (Å²) < 4.78 is 6.99. The molecule has 0 amide bonds. The van der Waals surface area contributed by atoms with Crippen molar-refractivity contribution < 1.29 is 4.74 Å². The molecule has 21 heavy (non-hydrogen) atoms. The standard InChI is InChI=1S/C17H13BrClNO/c1-10-6-16(20)15(19)9-17(10)21-14-5-3-11-7-13(18)4-2-12(11)8-14/h2-9H,20H2,1H3. The molecule has 3 rings (SSSR count). The van der Waals surface area contributed by atoms with Crippen LogP contribution in [0.4, 0.5) is 5.69 Å². The zero-order valence-electron chi connectivity index (χ0n) is 11.4. The van der Waals surface area contributed by atoms with Crippen molar-refractivity contribution in [1.82, 2.24) is 0 Å². The average Bonchev–Trinajstić information content (AvgIpc) is 2.45. The number of aryl methyl sites for hydroxylation is 1. The van der Waals surface area contributed by atoms with E-state index >= 15 is 0 Å². The summed E-state index contributed by atoms with van der Waals surface area (Å²) in [5.74, 6) is 1.49. The predicted molar refractivity (Wildman–Crippen MR) is 92.3 cm³/mol. The number of hydrogen-bond donors (Lipinski definition) is 1. The van der Waals surface area contributed by atoms with Gasteiger partial charge in [-0.1, -0.05) is 39.7 Å². The van der Waals surface area contributed by atoms with Crippen LogP contribution in [0.3, 0.4) is 0 Å². The molecule has 0 heterocycles. The Morgan fingerprint density at radius 3 is 2.52 bits per heavy atom. The third-order valence-electron chi connectivity index (χ3n) is 3.30. The second kappa shape index (κ2) is 5.58. The average molecular weight is 363 g/mol. The van der Waals surface area contributed by atoms with Crippen molar-refractivity contribution >= 4 is 44.0 Å². The van der Waals surface area contributed by atoms with Crippen molar-refractivity contribution in [2.24, 2.45) is 0 Å². The van der Waals surface area contributed by atoms with Crippen LogP contribution in [0.25, 0.3) is 10.8 Å². The second-order valence-electron chi connectivity index (χ2n) is 4.89. The summed E-state index contributed by atoms with van der Waals surface area (Å²) in [6.45, 7) is 1.94. The molecule has 0 saturated heterocycles. The van der Waals surface area contributed by atoms with Crippen molar-refractivity contribution in [3.05, 3.63) is 63.6 Å². The lowest BCUT2D eigenvalue weighted by atomic mass is 10.1. The number of ether oxygens (including phenoxy) is 1. The van der Waals surface area contributed by atoms with Gasteiger partial charge in [-0.2, -0.15) is 0 Å². The van der Waals surface area contributed by atoms with Gasteiger partial charge in [0.2, 0.25) is 0 Å². The van der Waals surface area contributed by atoms with E-state index < -0.39 is 0 Å². The molecule has 0 aliphatic heterocycles. The van der Waals surface area contributed by atoms with E-state index in [1.54, 1.807) is 6.07 Å². The third kappa shape index (κ3) is 2.99. The fraction of sp³-hybridized carbons (Fsp3) is 0.0588. The number of nitrogen functional groups attached to an aromatic ring is 1. The van der Waals surface area contributed by atoms with Gasteiger partial charge in [0.25, 0.3) is 0 Å². The van der Waals surface area contributed by atoms with E-state index in [1.165, 1.54) is 0 Å². The van der Waals surface area contributed by atoms with E-state index in [2.05, 4.69) is 28.1 Å². The lowest BCUT2D eigenvalue weighted by molar-refractivity contribution is 0.480. The molecule has 2 nitrogen and oxygen atoms in total. The zero-order chi connectivity index (χ0) is 15.0. The summed E-state index contributed by atoms with van der Waals surface area (Å²) in [5, 5.41) is 2.78. The molecule has 0 aliphatic rings. The highest BCUT2D eigenvalue weighted by Crippen LogP contribution is 2.33. The molecule has 0 bridgehead atoms. The van der Waals surface area contributed by atoms with Crippen molar-refractivity contribution in [2.75, 3.05) is 5.73 Å². The SMILES string of the molecule is Cc1cc(N)c(Cl)cc1Oc1ccc2cc(Br)ccc2c1. The molecule has 0 atom stereocenters. The van der Waals surface area contributed by atoms with Gasteiger partial charge in [-0.15, -0.1) is 0 Å². The largest absolute Gasteiger partial charge is 0.457 e. The van der Waals surface area contributed by atoms with Gasteiger partial charge in [0.05, 0.1) is 10.7 Å². The van der Waals surface area contributed by atoms with Crippen LogP contribution in [-0.2, 0) is 0 Å². The molecule has 0 unspecified atom stereocenters. The number of halogens is 2. The minimum absolute atomic E-state index is 0.500. The summed E-state index contributed by atoms with van der Waals surface area (Å²) in [5.41, 5.74) is 7.29. The van der Waals surface area contributed by atoms with Gasteiger partial charge in [-0.25, -0.2) is 0 Å². The van der Waals surface area contributed by atoms with E-state index in [0.717, 1.165) is 26.6 Å². The molecule has 2 N–H and O–H groups in total. The number of anilines is 1. The second-order valence-corrected chi connectivity index (χ2v) is 6.22. The zero-order valence-corrected chi connectivity index (χ0v) is 13.7. The van der Waals surface area contributed by atoms with Gasteiger partial charge < -0.3 is 10.5 Å². The highest BCUT2D eigenvalue weighted by molar-refractivity contribution is 9.10. The summed E-state index contributed by atoms with van der Waals surface area (Å²) in [6, 6.07) is 15.7. The Morgan fingerprint density at radius 1 is 1.00 bits per heavy atom. The van der Waals surface area contributed by atoms with Crippen molar-refractivity contribution in [2.45, 2.75) is 6.92 Å². The molecule has 0 aliphatic carbocycles. The first-order chi connectivity index (χ1) is 10.0. The maximum absolute atomic E-state index is 6.05. The van der Waals surface area contributed by atoms with Crippen LogP contribution in [0.2, 0.25) is 5.02 Å². The smallest absolute Gasteiger partial charge is 0.131 e. The number of benzene rings is 3. The maximum Gasteiger partial charge on any atom is 0.131 e. The molecular formula is C17H13BrClNO. The molecule has 0 fully saturated rings. The van der Waals surface area contributed by atoms with Gasteiger partial charge in [0, 0.05) is 10.5 Å². The normalized spacial score (nSPS) is 10.8. The van der Waals surface area contributed by atoms with Gasteiger partial charge >= 0.3 is 0 Å². The van der Waals surface area contributed by atoms with Crippen LogP contribution in [0.15, 0.2) is 53.0 Å². The lowest BCUT2D eigenvalue weighted by Crippen LogP contribution is -1.92. The summed E-state index contributed by atoms with van der Waals surface area (Å²) >= 11 is 9.53. The molecular weight excluding hydrogens is 350 g/mol. The highest BCUT2D eigenvalue weighted by Gasteiger charge is 2.06. The van der Waals surface area contributed by atoms with Gasteiger partial charge in [0.15, 0.2) is 0 Å². The fourth-order valence-electron chi connectivity index (χ4n) is 2.18. The molecule has 106 valence electrons. The Morgan fingerprint density at radius 2 is 1.71 bits per heavy atom. The van der Waals surface area contributed by atoms with E-state index in [9.17, 15) is 0 Å². The van der Waals surface area contributed by atoms with Gasteiger partial charge in [-0.05, 0) is 53.6 Å². The first kappa shape index (κ1) is 14.2. The van der Waals surface area contributed by atoms with E-state index in [0.29, 0.717) is 16.5 Å². The number of hydrogen-bond acceptors (Lipinski definition) is 2. The minimum Gasteiger partial charge on any atom is -0.457 e. The van der Waals surface area contributed by atoms with E-state index in [-0.39, 0.29) is 0 Å². The Balaban J connectivity index is 1.98. The third-order valence-corrected chi connectivity index (χ3v) is 4.12. The van der Waals surface area contributed by atoms with Crippen LogP contribution < -0.4 is 10.5 Å². The lowest BCUT2D eigenvalue weighted by Gasteiger charge is -2.11. The topological polar surface area (TPSA) is 35.2 Å². The maximum atomic E-state index is 6.05. The minimum atomic E-state index is 0.500. The van der Waals surface area contributed by atoms with Crippen LogP contribution in [-0.4, -0.2) is 0 Å². The molecule has 0 saturated carbocycles. The van der Waals surface area contributed by atoms with Crippen LogP contribution in [0.5, 0.6) is 11.5 Å². The van der Waals surface area contributed by atoms with Crippen molar-refractivity contribution in [1.29, 1.82) is 0 Å². The summed E-state index contributed by atoms with van der Waals surface area (Å²) in [4.78, 5) is 0. The number of fused-ring (bicyclic) bond motifs is 1. The summed E-state index contributed by atoms with van der Waals surface area (Å²) in [6.07, 6.45) is 0. The van der Waals surface area contributed by atoms with Crippen molar-refractivity contribution in [3.63, 3.8) is 0 Å². The molecule has 4 heteroatoms. The Kier molecular flexibility index (Phi) is 3.79. The molecule has 0 spiro atoms. The molecule has 3 aromatic rings. The fourth-order valence-corrected chi connectivity index (χ4v) is 2.71. The molecule has 0 radical (unpaired) electrons. The number of rotatable bonds is 2. The Bertz CT molecular complexity index is 832. The van der Waals surface area contributed by atoms with Crippen molar-refractivity contribution in [3.8, 4) is 11.5 Å². The Hall–Kier alpha value is -1.71. The molecule has 3 aromatic carbocycles. The van der Waals surface area contributed by atoms with Gasteiger partial charge in [-0.3, -0.25) is 0 Å². The quantitative estimate of drug-likeness (QED) is 0.573. The monoisotopic (exact) mass is 361 g/mol. The van der Waals surface area contributed by atoms with Crippen LogP contribution >= 0.6 is 27.5 Å². The van der Waals surface area contributed by atoms with Crippen LogP contribution in [0, 0.1) is 6.92 Å². The predicted octanol–water partition coefficient (Wildman–Crippen LogP) is 5.94. The van der Waals surface area contributed by atoms with E-state index in [1.807, 2.05) is 37.3 Å². The Labute approximate surface area is 136 Å². The first-order valence-corrected chi connectivity index (χ1v) is 7.63. The van der Waals surface area contributed by atoms with E-state index in [4.69, 9.17) is 22.1 Å². The summed E-state index contributed by atoms with van der Waals surface area (Å²) in [7, 11) is 0. The van der Waals surface area contributed by atoms with Crippen LogP contribution in [0.1, 0.15) is 5.56 Å².